The molecular weight excluding hydrogens is 262 g/mol. The zero-order valence-corrected chi connectivity index (χ0v) is 13.3. The molecule has 1 aromatic carbocycles. The van der Waals surface area contributed by atoms with E-state index in [1.165, 1.54) is 0 Å². The van der Waals surface area contributed by atoms with Gasteiger partial charge in [-0.2, -0.15) is 0 Å². The van der Waals surface area contributed by atoms with Crippen LogP contribution in [0.3, 0.4) is 0 Å². The zero-order chi connectivity index (χ0) is 15.4. The molecule has 0 aliphatic rings. The molecule has 2 N–H and O–H groups in total. The molecule has 114 valence electrons. The van der Waals surface area contributed by atoms with E-state index in [1.54, 1.807) is 0 Å². The highest BCUT2D eigenvalue weighted by Crippen LogP contribution is 2.14. The molecule has 4 heteroatoms. The second-order valence-electron chi connectivity index (χ2n) is 5.95. The first kappa shape index (κ1) is 15.6. The van der Waals surface area contributed by atoms with Gasteiger partial charge in [-0.25, -0.2) is 0 Å². The summed E-state index contributed by atoms with van der Waals surface area (Å²) in [4.78, 5) is 17.7. The fourth-order valence-electron chi connectivity index (χ4n) is 2.70. The van der Waals surface area contributed by atoms with Crippen LogP contribution in [-0.2, 0) is 0 Å². The number of aromatic amines is 1. The summed E-state index contributed by atoms with van der Waals surface area (Å²) in [6, 6.07) is 10.8. The van der Waals surface area contributed by atoms with Crippen molar-refractivity contribution < 1.29 is 4.79 Å². The average molecular weight is 287 g/mol. The highest BCUT2D eigenvalue weighted by Gasteiger charge is 2.14. The van der Waals surface area contributed by atoms with Crippen molar-refractivity contribution in [1.82, 2.24) is 15.2 Å². The van der Waals surface area contributed by atoms with Gasteiger partial charge in [-0.3, -0.25) is 9.69 Å². The molecule has 0 bridgehead atoms. The van der Waals surface area contributed by atoms with Crippen molar-refractivity contribution >= 4 is 16.8 Å². The first-order chi connectivity index (χ1) is 9.99. The number of hydrogen-bond donors (Lipinski definition) is 2. The lowest BCUT2D eigenvalue weighted by atomic mass is 10.2. The monoisotopic (exact) mass is 287 g/mol. The molecule has 0 aliphatic heterocycles. The van der Waals surface area contributed by atoms with Crippen LogP contribution in [0.15, 0.2) is 30.3 Å². The molecular formula is C17H25N3O. The van der Waals surface area contributed by atoms with Crippen LogP contribution in [0.2, 0.25) is 0 Å². The Kier molecular flexibility index (Phi) is 5.02. The normalized spacial score (nSPS) is 11.8. The second-order valence-corrected chi connectivity index (χ2v) is 5.95. The number of nitrogens with zero attached hydrogens (tertiary/aromatic N) is 1. The van der Waals surface area contributed by atoms with Crippen LogP contribution in [0.5, 0.6) is 0 Å². The number of rotatable bonds is 6. The number of nitrogens with one attached hydrogen (secondary N) is 2. The van der Waals surface area contributed by atoms with Gasteiger partial charge in [-0.1, -0.05) is 18.2 Å². The predicted molar refractivity (Wildman–Crippen MR) is 87.6 cm³/mol. The molecule has 21 heavy (non-hydrogen) atoms. The summed E-state index contributed by atoms with van der Waals surface area (Å²) < 4.78 is 0. The maximum atomic E-state index is 12.2. The first-order valence-corrected chi connectivity index (χ1v) is 7.60. The van der Waals surface area contributed by atoms with E-state index in [0.717, 1.165) is 17.4 Å². The third kappa shape index (κ3) is 3.85. The average Bonchev–Trinajstić information content (AvgIpc) is 2.86. The molecule has 0 fully saturated rings. The van der Waals surface area contributed by atoms with Gasteiger partial charge in [0.25, 0.3) is 5.91 Å². The number of carbonyl (C=O) groups excluding carboxylic acids is 1. The molecule has 2 rings (SSSR count). The van der Waals surface area contributed by atoms with Crippen LogP contribution in [0.1, 0.15) is 38.2 Å². The van der Waals surface area contributed by atoms with Gasteiger partial charge in [0, 0.05) is 36.1 Å². The molecule has 1 aromatic heterocycles. The number of amides is 1. The van der Waals surface area contributed by atoms with E-state index in [9.17, 15) is 4.79 Å². The number of benzene rings is 1. The Labute approximate surface area is 126 Å². The van der Waals surface area contributed by atoms with Gasteiger partial charge < -0.3 is 10.3 Å². The molecule has 0 saturated heterocycles. The molecule has 0 aliphatic carbocycles. The summed E-state index contributed by atoms with van der Waals surface area (Å²) in [6.45, 7) is 10.2. The maximum absolute atomic E-state index is 12.2. The van der Waals surface area contributed by atoms with Crippen molar-refractivity contribution in [3.63, 3.8) is 0 Å². The van der Waals surface area contributed by atoms with Crippen molar-refractivity contribution in [2.75, 3.05) is 13.1 Å². The van der Waals surface area contributed by atoms with Crippen LogP contribution in [-0.4, -0.2) is 41.0 Å². The maximum Gasteiger partial charge on any atom is 0.267 e. The molecule has 4 nitrogen and oxygen atoms in total. The summed E-state index contributed by atoms with van der Waals surface area (Å²) in [5, 5.41) is 4.05. The lowest BCUT2D eigenvalue weighted by molar-refractivity contribution is 0.0935. The van der Waals surface area contributed by atoms with Gasteiger partial charge in [0.15, 0.2) is 0 Å². The van der Waals surface area contributed by atoms with E-state index < -0.39 is 0 Å². The number of fused-ring (bicyclic) bond motifs is 1. The largest absolute Gasteiger partial charge is 0.351 e. The van der Waals surface area contributed by atoms with Gasteiger partial charge in [0.1, 0.15) is 5.69 Å². The van der Waals surface area contributed by atoms with Gasteiger partial charge in [0.05, 0.1) is 0 Å². The van der Waals surface area contributed by atoms with E-state index in [2.05, 4.69) is 42.9 Å². The summed E-state index contributed by atoms with van der Waals surface area (Å²) in [5.74, 6) is -0.0429. The molecule has 1 amide bonds. The van der Waals surface area contributed by atoms with Crippen molar-refractivity contribution in [3.8, 4) is 0 Å². The quantitative estimate of drug-likeness (QED) is 0.858. The van der Waals surface area contributed by atoms with E-state index in [4.69, 9.17) is 0 Å². The smallest absolute Gasteiger partial charge is 0.267 e. The predicted octanol–water partition coefficient (Wildman–Crippen LogP) is 3.02. The third-order valence-corrected chi connectivity index (χ3v) is 3.76. The minimum Gasteiger partial charge on any atom is -0.351 e. The third-order valence-electron chi connectivity index (χ3n) is 3.76. The highest BCUT2D eigenvalue weighted by molar-refractivity contribution is 5.97. The van der Waals surface area contributed by atoms with Crippen molar-refractivity contribution in [1.29, 1.82) is 0 Å². The Balaban J connectivity index is 1.92. The van der Waals surface area contributed by atoms with E-state index in [1.807, 2.05) is 30.3 Å². The van der Waals surface area contributed by atoms with Crippen molar-refractivity contribution in [2.24, 2.45) is 0 Å². The zero-order valence-electron chi connectivity index (χ0n) is 13.3. The minimum atomic E-state index is -0.0429. The Bertz CT molecular complexity index is 560. The van der Waals surface area contributed by atoms with Crippen LogP contribution in [0.4, 0.5) is 0 Å². The number of carbonyl (C=O) groups is 1. The fraction of sp³-hybridized carbons (Fsp3) is 0.471. The number of H-pyrrole nitrogens is 1. The molecule has 1 heterocycles. The molecule has 0 radical (unpaired) electrons. The molecule has 0 spiro atoms. The number of para-hydroxylation sites is 1. The molecule has 0 unspecified atom stereocenters. The molecule has 0 saturated carbocycles. The summed E-state index contributed by atoms with van der Waals surface area (Å²) in [7, 11) is 0. The van der Waals surface area contributed by atoms with Gasteiger partial charge >= 0.3 is 0 Å². The van der Waals surface area contributed by atoms with Crippen LogP contribution in [0, 0.1) is 0 Å². The van der Waals surface area contributed by atoms with Crippen LogP contribution >= 0.6 is 0 Å². The van der Waals surface area contributed by atoms with Gasteiger partial charge in [-0.05, 0) is 39.8 Å². The minimum absolute atomic E-state index is 0.0429. The van der Waals surface area contributed by atoms with E-state index >= 15 is 0 Å². The van der Waals surface area contributed by atoms with Crippen molar-refractivity contribution in [3.05, 3.63) is 36.0 Å². The lowest BCUT2D eigenvalue weighted by Gasteiger charge is -2.30. The Morgan fingerprint density at radius 3 is 2.48 bits per heavy atom. The highest BCUT2D eigenvalue weighted by atomic mass is 16.1. The van der Waals surface area contributed by atoms with Crippen LogP contribution < -0.4 is 5.32 Å². The SMILES string of the molecule is CC(C)N(CCNC(=O)c1cc2ccccc2[nH]1)C(C)C. The van der Waals surface area contributed by atoms with E-state index in [0.29, 0.717) is 24.3 Å². The Morgan fingerprint density at radius 1 is 1.19 bits per heavy atom. The summed E-state index contributed by atoms with van der Waals surface area (Å²) in [6.07, 6.45) is 0. The lowest BCUT2D eigenvalue weighted by Crippen LogP contribution is -2.42. The fourth-order valence-corrected chi connectivity index (χ4v) is 2.70. The topological polar surface area (TPSA) is 48.1 Å². The molecule has 2 aromatic rings. The molecule has 0 atom stereocenters. The van der Waals surface area contributed by atoms with Crippen molar-refractivity contribution in [2.45, 2.75) is 39.8 Å². The van der Waals surface area contributed by atoms with E-state index in [-0.39, 0.29) is 5.91 Å². The number of aromatic nitrogens is 1. The first-order valence-electron chi connectivity index (χ1n) is 7.60. The second kappa shape index (κ2) is 6.76. The Morgan fingerprint density at radius 2 is 1.86 bits per heavy atom. The van der Waals surface area contributed by atoms with Gasteiger partial charge in [0.2, 0.25) is 0 Å². The number of hydrogen-bond acceptors (Lipinski definition) is 2. The van der Waals surface area contributed by atoms with Gasteiger partial charge in [-0.15, -0.1) is 0 Å². The standard InChI is InChI=1S/C17H25N3O/c1-12(2)20(13(3)4)10-9-18-17(21)16-11-14-7-5-6-8-15(14)19-16/h5-8,11-13,19H,9-10H2,1-4H3,(H,18,21). The Hall–Kier alpha value is -1.81. The van der Waals surface area contributed by atoms with Crippen LogP contribution in [0.25, 0.3) is 10.9 Å². The summed E-state index contributed by atoms with van der Waals surface area (Å²) in [5.41, 5.74) is 1.62. The summed E-state index contributed by atoms with van der Waals surface area (Å²) >= 11 is 0.